The predicted octanol–water partition coefficient (Wildman–Crippen LogP) is 3.78. The van der Waals surface area contributed by atoms with Gasteiger partial charge in [0.05, 0.1) is 17.2 Å². The lowest BCUT2D eigenvalue weighted by Gasteiger charge is -2.19. The molecule has 0 atom stereocenters. The Morgan fingerprint density at radius 3 is 2.33 bits per heavy atom. The summed E-state index contributed by atoms with van der Waals surface area (Å²) in [5.74, 6) is 1.21. The van der Waals surface area contributed by atoms with Crippen molar-refractivity contribution in [2.45, 2.75) is 59.5 Å². The molecule has 4 heteroatoms. The summed E-state index contributed by atoms with van der Waals surface area (Å²) in [6.07, 6.45) is 2.98. The maximum absolute atomic E-state index is 11.4. The van der Waals surface area contributed by atoms with Gasteiger partial charge in [0.25, 0.3) is 0 Å². The van der Waals surface area contributed by atoms with Crippen molar-refractivity contribution in [3.8, 4) is 6.07 Å². The zero-order valence-electron chi connectivity index (χ0n) is 12.2. The third-order valence-electron chi connectivity index (χ3n) is 2.28. The molecule has 0 aliphatic heterocycles. The molecule has 0 N–H and O–H groups in total. The molecule has 0 rings (SSSR count). The first-order chi connectivity index (χ1) is 8.16. The molecule has 0 spiro atoms. The highest BCUT2D eigenvalue weighted by Gasteiger charge is 2.17. The van der Waals surface area contributed by atoms with Crippen molar-refractivity contribution < 1.29 is 9.53 Å². The zero-order valence-corrected chi connectivity index (χ0v) is 13.0. The van der Waals surface area contributed by atoms with Gasteiger partial charge in [-0.1, -0.05) is 6.42 Å². The average Bonchev–Trinajstić information content (AvgIpc) is 2.20. The van der Waals surface area contributed by atoms with Crippen LogP contribution in [-0.2, 0) is 9.53 Å². The van der Waals surface area contributed by atoms with Crippen LogP contribution in [0.25, 0.3) is 0 Å². The fourth-order valence-corrected chi connectivity index (χ4v) is 2.13. The maximum Gasteiger partial charge on any atom is 0.316 e. The molecule has 0 saturated heterocycles. The summed E-state index contributed by atoms with van der Waals surface area (Å²) in [6, 6.07) is 2.30. The topological polar surface area (TPSA) is 50.1 Å². The molecule has 0 aliphatic rings. The molecule has 0 heterocycles. The lowest BCUT2D eigenvalue weighted by molar-refractivity contribution is -0.151. The molecular formula is C14H25NO2S. The molecular weight excluding hydrogens is 246 g/mol. The van der Waals surface area contributed by atoms with E-state index in [4.69, 9.17) is 10.00 Å². The molecule has 18 heavy (non-hydrogen) atoms. The van der Waals surface area contributed by atoms with Gasteiger partial charge in [0.2, 0.25) is 0 Å². The van der Waals surface area contributed by atoms with Crippen molar-refractivity contribution in [1.82, 2.24) is 0 Å². The molecule has 0 saturated carbocycles. The number of hydrogen-bond acceptors (Lipinski definition) is 4. The lowest BCUT2D eigenvalue weighted by Crippen LogP contribution is -2.25. The third kappa shape index (κ3) is 10.5. The molecule has 0 bridgehead atoms. The zero-order chi connectivity index (χ0) is 14.2. The highest BCUT2D eigenvalue weighted by atomic mass is 32.2. The van der Waals surface area contributed by atoms with Gasteiger partial charge < -0.3 is 4.74 Å². The second kappa shape index (κ2) is 7.68. The molecule has 104 valence electrons. The van der Waals surface area contributed by atoms with Crippen LogP contribution in [0.5, 0.6) is 0 Å². The van der Waals surface area contributed by atoms with Crippen LogP contribution in [0.15, 0.2) is 0 Å². The normalized spacial score (nSPS) is 12.0. The molecule has 0 aromatic heterocycles. The monoisotopic (exact) mass is 271 g/mol. The van der Waals surface area contributed by atoms with E-state index < -0.39 is 5.60 Å². The molecule has 0 amide bonds. The summed E-state index contributed by atoms with van der Waals surface area (Å²) in [6.45, 7) is 9.54. The van der Waals surface area contributed by atoms with Gasteiger partial charge in [-0.2, -0.15) is 17.0 Å². The first-order valence-corrected chi connectivity index (χ1v) is 7.53. The van der Waals surface area contributed by atoms with E-state index >= 15 is 0 Å². The van der Waals surface area contributed by atoms with Crippen molar-refractivity contribution in [3.05, 3.63) is 0 Å². The van der Waals surface area contributed by atoms with E-state index in [0.717, 1.165) is 25.0 Å². The van der Waals surface area contributed by atoms with E-state index in [0.29, 0.717) is 5.75 Å². The second-order valence-corrected chi connectivity index (χ2v) is 7.20. The number of nitriles is 1. The first-order valence-electron chi connectivity index (χ1n) is 6.37. The summed E-state index contributed by atoms with van der Waals surface area (Å²) in [4.78, 5) is 11.4. The summed E-state index contributed by atoms with van der Waals surface area (Å²) in [7, 11) is 0. The van der Waals surface area contributed by atoms with E-state index in [-0.39, 0.29) is 11.4 Å². The van der Waals surface area contributed by atoms with E-state index in [2.05, 4.69) is 6.07 Å². The Balaban J connectivity index is 3.53. The van der Waals surface area contributed by atoms with Gasteiger partial charge in [-0.25, -0.2) is 0 Å². The number of thioether (sulfide) groups is 1. The molecule has 0 aromatic rings. The van der Waals surface area contributed by atoms with Gasteiger partial charge in [0.15, 0.2) is 0 Å². The fraction of sp³-hybridized carbons (Fsp3) is 0.857. The molecule has 0 unspecified atom stereocenters. The third-order valence-corrected chi connectivity index (χ3v) is 3.30. The summed E-state index contributed by atoms with van der Waals surface area (Å²) in [5, 5.41) is 8.86. The minimum Gasteiger partial charge on any atom is -0.459 e. The average molecular weight is 271 g/mol. The standard InChI is InChI=1S/C14H25NO2S/c1-13(2,3)17-12(16)10-18-9-7-6-8-14(4,5)11-15/h6-10H2,1-5H3. The van der Waals surface area contributed by atoms with Crippen molar-refractivity contribution >= 4 is 17.7 Å². The minimum atomic E-state index is -0.394. The van der Waals surface area contributed by atoms with Crippen LogP contribution in [0.3, 0.4) is 0 Å². The largest absolute Gasteiger partial charge is 0.459 e. The smallest absolute Gasteiger partial charge is 0.316 e. The number of unbranched alkanes of at least 4 members (excludes halogenated alkanes) is 1. The van der Waals surface area contributed by atoms with Gasteiger partial charge in [-0.3, -0.25) is 4.79 Å². The number of nitrogens with zero attached hydrogens (tertiary/aromatic N) is 1. The molecule has 3 nitrogen and oxygen atoms in total. The number of rotatable bonds is 7. The molecule has 0 aliphatic carbocycles. The van der Waals surface area contributed by atoms with E-state index in [1.165, 1.54) is 0 Å². The summed E-state index contributed by atoms with van der Waals surface area (Å²) in [5.41, 5.74) is -0.621. The van der Waals surface area contributed by atoms with Crippen LogP contribution >= 0.6 is 11.8 Å². The van der Waals surface area contributed by atoms with E-state index in [9.17, 15) is 4.79 Å². The van der Waals surface area contributed by atoms with Crippen LogP contribution < -0.4 is 0 Å². The Kier molecular flexibility index (Phi) is 7.39. The number of carbonyl (C=O) groups is 1. The lowest BCUT2D eigenvalue weighted by atomic mass is 9.89. The minimum absolute atomic E-state index is 0.148. The van der Waals surface area contributed by atoms with Crippen molar-refractivity contribution in [1.29, 1.82) is 5.26 Å². The van der Waals surface area contributed by atoms with E-state index in [1.807, 2.05) is 34.6 Å². The summed E-state index contributed by atoms with van der Waals surface area (Å²) < 4.78 is 5.21. The first kappa shape index (κ1) is 17.3. The van der Waals surface area contributed by atoms with Crippen LogP contribution in [0.2, 0.25) is 0 Å². The number of hydrogen-bond donors (Lipinski definition) is 0. The van der Waals surface area contributed by atoms with Gasteiger partial charge in [0.1, 0.15) is 5.60 Å². The van der Waals surface area contributed by atoms with Gasteiger partial charge in [-0.15, -0.1) is 0 Å². The predicted molar refractivity (Wildman–Crippen MR) is 76.4 cm³/mol. The van der Waals surface area contributed by atoms with Crippen LogP contribution in [-0.4, -0.2) is 23.1 Å². The quantitative estimate of drug-likeness (QED) is 0.522. The van der Waals surface area contributed by atoms with Crippen molar-refractivity contribution in [3.63, 3.8) is 0 Å². The van der Waals surface area contributed by atoms with Gasteiger partial charge in [-0.05, 0) is 53.2 Å². The number of esters is 1. The Bertz CT molecular complexity index is 300. The Morgan fingerprint density at radius 2 is 1.83 bits per heavy atom. The molecule has 0 radical (unpaired) electrons. The van der Waals surface area contributed by atoms with Crippen LogP contribution in [0.1, 0.15) is 53.9 Å². The second-order valence-electron chi connectivity index (χ2n) is 6.09. The van der Waals surface area contributed by atoms with Crippen molar-refractivity contribution in [2.24, 2.45) is 5.41 Å². The van der Waals surface area contributed by atoms with Gasteiger partial charge in [0, 0.05) is 0 Å². The molecule has 0 fully saturated rings. The number of carbonyl (C=O) groups excluding carboxylic acids is 1. The Morgan fingerprint density at radius 1 is 1.22 bits per heavy atom. The Hall–Kier alpha value is -0.690. The highest BCUT2D eigenvalue weighted by Crippen LogP contribution is 2.22. The van der Waals surface area contributed by atoms with E-state index in [1.54, 1.807) is 11.8 Å². The van der Waals surface area contributed by atoms with Gasteiger partial charge >= 0.3 is 5.97 Å². The fourth-order valence-electron chi connectivity index (χ4n) is 1.35. The van der Waals surface area contributed by atoms with Crippen LogP contribution in [0, 0.1) is 16.7 Å². The van der Waals surface area contributed by atoms with Crippen LogP contribution in [0.4, 0.5) is 0 Å². The summed E-state index contributed by atoms with van der Waals surface area (Å²) >= 11 is 1.60. The highest BCUT2D eigenvalue weighted by molar-refractivity contribution is 7.99. The maximum atomic E-state index is 11.4. The molecule has 0 aromatic carbocycles. The Labute approximate surface area is 115 Å². The van der Waals surface area contributed by atoms with Crippen molar-refractivity contribution in [2.75, 3.05) is 11.5 Å². The SMILES string of the molecule is CC(C)(C#N)CCCCSCC(=O)OC(C)(C)C. The number of ether oxygens (including phenoxy) is 1.